The summed E-state index contributed by atoms with van der Waals surface area (Å²) >= 11 is 0. The SMILES string of the molecule is CC(C)c1cc(NC(=O)[C@@H]2CCC(=O)N2)n[nH]1. The third kappa shape index (κ3) is 2.64. The van der Waals surface area contributed by atoms with Crippen molar-refractivity contribution < 1.29 is 9.59 Å². The normalized spacial score (nSPS) is 19.5. The monoisotopic (exact) mass is 236 g/mol. The van der Waals surface area contributed by atoms with E-state index in [0.29, 0.717) is 24.6 Å². The topological polar surface area (TPSA) is 86.9 Å². The Morgan fingerprint density at radius 3 is 2.88 bits per heavy atom. The molecule has 6 heteroatoms. The molecule has 1 aromatic heterocycles. The van der Waals surface area contributed by atoms with E-state index in [1.165, 1.54) is 0 Å². The van der Waals surface area contributed by atoms with Crippen molar-refractivity contribution in [2.45, 2.75) is 38.6 Å². The highest BCUT2D eigenvalue weighted by atomic mass is 16.2. The highest BCUT2D eigenvalue weighted by Gasteiger charge is 2.27. The summed E-state index contributed by atoms with van der Waals surface area (Å²) in [5.74, 6) is 0.548. The highest BCUT2D eigenvalue weighted by molar-refractivity contribution is 5.98. The first-order chi connectivity index (χ1) is 8.06. The Labute approximate surface area is 99.2 Å². The molecule has 0 radical (unpaired) electrons. The Morgan fingerprint density at radius 1 is 1.59 bits per heavy atom. The van der Waals surface area contributed by atoms with E-state index in [0.717, 1.165) is 5.69 Å². The van der Waals surface area contributed by atoms with Crippen molar-refractivity contribution in [3.05, 3.63) is 11.8 Å². The van der Waals surface area contributed by atoms with Crippen molar-refractivity contribution in [3.8, 4) is 0 Å². The standard InChI is InChI=1S/C11H16N4O2/c1-6(2)8-5-9(15-14-8)13-11(17)7-3-4-10(16)12-7/h5-7H,3-4H2,1-2H3,(H,12,16)(H2,13,14,15,17)/t7-/m0/s1. The largest absolute Gasteiger partial charge is 0.344 e. The molecule has 2 amide bonds. The van der Waals surface area contributed by atoms with Gasteiger partial charge in [0.25, 0.3) is 0 Å². The number of nitrogens with one attached hydrogen (secondary N) is 3. The highest BCUT2D eigenvalue weighted by Crippen LogP contribution is 2.15. The average Bonchev–Trinajstić information content (AvgIpc) is 2.86. The van der Waals surface area contributed by atoms with E-state index in [1.54, 1.807) is 6.07 Å². The molecule has 92 valence electrons. The predicted molar refractivity (Wildman–Crippen MR) is 62.5 cm³/mol. The summed E-state index contributed by atoms with van der Waals surface area (Å²) in [5, 5.41) is 12.2. The van der Waals surface area contributed by atoms with Crippen molar-refractivity contribution in [2.75, 3.05) is 5.32 Å². The Morgan fingerprint density at radius 2 is 2.35 bits per heavy atom. The number of H-pyrrole nitrogens is 1. The van der Waals surface area contributed by atoms with Crippen LogP contribution >= 0.6 is 0 Å². The molecule has 17 heavy (non-hydrogen) atoms. The van der Waals surface area contributed by atoms with E-state index in [4.69, 9.17) is 0 Å². The molecular weight excluding hydrogens is 220 g/mol. The molecule has 1 atom stereocenters. The summed E-state index contributed by atoms with van der Waals surface area (Å²) in [6.45, 7) is 4.08. The maximum atomic E-state index is 11.8. The van der Waals surface area contributed by atoms with Crippen LogP contribution in [0.2, 0.25) is 0 Å². The van der Waals surface area contributed by atoms with E-state index in [2.05, 4.69) is 20.8 Å². The second-order valence-corrected chi connectivity index (χ2v) is 4.51. The molecule has 0 unspecified atom stereocenters. The fraction of sp³-hybridized carbons (Fsp3) is 0.545. The van der Waals surface area contributed by atoms with Gasteiger partial charge in [0.05, 0.1) is 0 Å². The molecule has 1 aliphatic heterocycles. The summed E-state index contributed by atoms with van der Waals surface area (Å²) in [7, 11) is 0. The molecule has 0 aromatic carbocycles. The summed E-state index contributed by atoms with van der Waals surface area (Å²) in [5.41, 5.74) is 0.968. The summed E-state index contributed by atoms with van der Waals surface area (Å²) in [6, 6.07) is 1.38. The van der Waals surface area contributed by atoms with Gasteiger partial charge in [-0.2, -0.15) is 5.10 Å². The number of rotatable bonds is 3. The van der Waals surface area contributed by atoms with E-state index in [1.807, 2.05) is 13.8 Å². The van der Waals surface area contributed by atoms with Gasteiger partial charge in [0, 0.05) is 18.2 Å². The number of hydrogen-bond donors (Lipinski definition) is 3. The van der Waals surface area contributed by atoms with Gasteiger partial charge in [0.15, 0.2) is 5.82 Å². The Bertz CT molecular complexity index is 438. The number of nitrogens with zero attached hydrogens (tertiary/aromatic N) is 1. The number of anilines is 1. The third-order valence-electron chi connectivity index (χ3n) is 2.78. The van der Waals surface area contributed by atoms with E-state index >= 15 is 0 Å². The number of carbonyl (C=O) groups is 2. The van der Waals surface area contributed by atoms with Crippen molar-refractivity contribution >= 4 is 17.6 Å². The number of hydrogen-bond acceptors (Lipinski definition) is 3. The molecule has 0 aliphatic carbocycles. The lowest BCUT2D eigenvalue weighted by Crippen LogP contribution is -2.37. The van der Waals surface area contributed by atoms with Crippen molar-refractivity contribution in [1.29, 1.82) is 0 Å². The Balaban J connectivity index is 1.96. The van der Waals surface area contributed by atoms with Crippen molar-refractivity contribution in [2.24, 2.45) is 0 Å². The van der Waals surface area contributed by atoms with Crippen LogP contribution in [0.1, 0.15) is 38.3 Å². The van der Waals surface area contributed by atoms with Crippen LogP contribution in [-0.4, -0.2) is 28.1 Å². The van der Waals surface area contributed by atoms with Crippen LogP contribution < -0.4 is 10.6 Å². The van der Waals surface area contributed by atoms with Crippen LogP contribution in [0.4, 0.5) is 5.82 Å². The van der Waals surface area contributed by atoms with Gasteiger partial charge >= 0.3 is 0 Å². The number of carbonyl (C=O) groups excluding carboxylic acids is 2. The molecule has 1 saturated heterocycles. The predicted octanol–water partition coefficient (Wildman–Crippen LogP) is 0.750. The van der Waals surface area contributed by atoms with Crippen LogP contribution in [0, 0.1) is 0 Å². The molecule has 6 nitrogen and oxygen atoms in total. The fourth-order valence-corrected chi connectivity index (χ4v) is 1.72. The smallest absolute Gasteiger partial charge is 0.248 e. The molecule has 0 saturated carbocycles. The van der Waals surface area contributed by atoms with Crippen LogP contribution in [0.5, 0.6) is 0 Å². The van der Waals surface area contributed by atoms with Crippen LogP contribution in [0.25, 0.3) is 0 Å². The lowest BCUT2D eigenvalue weighted by atomic mass is 10.1. The molecular formula is C11H16N4O2. The van der Waals surface area contributed by atoms with Gasteiger partial charge in [-0.05, 0) is 12.3 Å². The van der Waals surface area contributed by atoms with Crippen LogP contribution in [-0.2, 0) is 9.59 Å². The van der Waals surface area contributed by atoms with Crippen LogP contribution in [0.3, 0.4) is 0 Å². The minimum absolute atomic E-state index is 0.0740. The van der Waals surface area contributed by atoms with E-state index in [-0.39, 0.29) is 11.8 Å². The quantitative estimate of drug-likeness (QED) is 0.723. The van der Waals surface area contributed by atoms with Gasteiger partial charge in [0.2, 0.25) is 11.8 Å². The minimum atomic E-state index is -0.429. The molecule has 2 rings (SSSR count). The maximum Gasteiger partial charge on any atom is 0.248 e. The number of aromatic nitrogens is 2. The zero-order valence-electron chi connectivity index (χ0n) is 9.91. The zero-order chi connectivity index (χ0) is 12.4. The van der Waals surface area contributed by atoms with Gasteiger partial charge in [-0.25, -0.2) is 0 Å². The molecule has 1 aliphatic rings. The Kier molecular flexibility index (Phi) is 3.12. The Hall–Kier alpha value is -1.85. The van der Waals surface area contributed by atoms with Gasteiger partial charge in [-0.3, -0.25) is 14.7 Å². The van der Waals surface area contributed by atoms with Gasteiger partial charge < -0.3 is 10.6 Å². The second-order valence-electron chi connectivity index (χ2n) is 4.51. The molecule has 0 bridgehead atoms. The molecule has 0 spiro atoms. The lowest BCUT2D eigenvalue weighted by molar-refractivity contribution is -0.122. The lowest BCUT2D eigenvalue weighted by Gasteiger charge is -2.08. The van der Waals surface area contributed by atoms with Crippen molar-refractivity contribution in [3.63, 3.8) is 0 Å². The molecule has 1 aromatic rings. The van der Waals surface area contributed by atoms with Crippen LogP contribution in [0.15, 0.2) is 6.07 Å². The number of aromatic amines is 1. The third-order valence-corrected chi connectivity index (χ3v) is 2.78. The summed E-state index contributed by atoms with van der Waals surface area (Å²) in [6.07, 6.45) is 0.960. The minimum Gasteiger partial charge on any atom is -0.344 e. The first kappa shape index (κ1) is 11.6. The summed E-state index contributed by atoms with van der Waals surface area (Å²) < 4.78 is 0. The van der Waals surface area contributed by atoms with Gasteiger partial charge in [0.1, 0.15) is 6.04 Å². The fourth-order valence-electron chi connectivity index (χ4n) is 1.72. The van der Waals surface area contributed by atoms with E-state index < -0.39 is 6.04 Å². The molecule has 3 N–H and O–H groups in total. The average molecular weight is 236 g/mol. The maximum absolute atomic E-state index is 11.8. The van der Waals surface area contributed by atoms with Gasteiger partial charge in [-0.15, -0.1) is 0 Å². The zero-order valence-corrected chi connectivity index (χ0v) is 9.91. The molecule has 2 heterocycles. The van der Waals surface area contributed by atoms with Gasteiger partial charge in [-0.1, -0.05) is 13.8 Å². The summed E-state index contributed by atoms with van der Waals surface area (Å²) in [4.78, 5) is 22.8. The number of amides is 2. The van der Waals surface area contributed by atoms with E-state index in [9.17, 15) is 9.59 Å². The first-order valence-electron chi connectivity index (χ1n) is 5.72. The van der Waals surface area contributed by atoms with Crippen molar-refractivity contribution in [1.82, 2.24) is 15.5 Å². The molecule has 1 fully saturated rings. The first-order valence-corrected chi connectivity index (χ1v) is 5.72. The second kappa shape index (κ2) is 4.57.